The molecular weight excluding hydrogens is 400 g/mol. The first-order valence-electron chi connectivity index (χ1n) is 8.98. The molecule has 9 nitrogen and oxygen atoms in total. The first-order valence-corrected chi connectivity index (χ1v) is 9.36. The van der Waals surface area contributed by atoms with Crippen molar-refractivity contribution in [2.24, 2.45) is 0 Å². The molecule has 2 aromatic heterocycles. The molecule has 29 heavy (non-hydrogen) atoms. The molecule has 0 saturated carbocycles. The van der Waals surface area contributed by atoms with Crippen LogP contribution in [0.1, 0.15) is 34.6 Å². The van der Waals surface area contributed by atoms with Crippen LogP contribution >= 0.6 is 11.6 Å². The van der Waals surface area contributed by atoms with Gasteiger partial charge in [-0.3, -0.25) is 13.9 Å². The Kier molecular flexibility index (Phi) is 6.31. The number of aliphatic hydroxyl groups excluding tert-OH is 2. The standard InChI is InChI=1S/C19H21ClN4O5/c1-11-12(2)23(7-8-25)19(28)24(18(11)27)10-17-21-16(22-29-17)9-15(26)13-3-5-14(20)6-4-13/h3-6,15,25-26H,7-10H2,1-2H3/t15-/m0/s1. The van der Waals surface area contributed by atoms with Crippen molar-refractivity contribution in [1.29, 1.82) is 0 Å². The molecule has 0 spiro atoms. The second-order valence-corrected chi connectivity index (χ2v) is 7.07. The molecule has 1 atom stereocenters. The topological polar surface area (TPSA) is 123 Å². The van der Waals surface area contributed by atoms with Crippen molar-refractivity contribution in [2.45, 2.75) is 39.5 Å². The zero-order valence-electron chi connectivity index (χ0n) is 16.0. The highest BCUT2D eigenvalue weighted by Crippen LogP contribution is 2.19. The summed E-state index contributed by atoms with van der Waals surface area (Å²) >= 11 is 5.84. The van der Waals surface area contributed by atoms with E-state index in [-0.39, 0.29) is 37.8 Å². The van der Waals surface area contributed by atoms with E-state index >= 15 is 0 Å². The molecule has 0 aliphatic rings. The van der Waals surface area contributed by atoms with Gasteiger partial charge in [0.2, 0.25) is 5.89 Å². The molecule has 3 aromatic rings. The van der Waals surface area contributed by atoms with Gasteiger partial charge in [0.1, 0.15) is 6.54 Å². The molecule has 2 N–H and O–H groups in total. The molecule has 0 aliphatic carbocycles. The van der Waals surface area contributed by atoms with Gasteiger partial charge in [0, 0.05) is 22.7 Å². The zero-order valence-corrected chi connectivity index (χ0v) is 16.8. The average molecular weight is 421 g/mol. The molecule has 0 amide bonds. The number of nitrogens with zero attached hydrogens (tertiary/aromatic N) is 4. The highest BCUT2D eigenvalue weighted by molar-refractivity contribution is 6.30. The molecular formula is C19H21ClN4O5. The molecule has 10 heteroatoms. The summed E-state index contributed by atoms with van der Waals surface area (Å²) < 4.78 is 7.48. The fraction of sp³-hybridized carbons (Fsp3) is 0.368. The Morgan fingerprint density at radius 3 is 2.52 bits per heavy atom. The van der Waals surface area contributed by atoms with Crippen molar-refractivity contribution < 1.29 is 14.7 Å². The van der Waals surface area contributed by atoms with E-state index in [1.807, 2.05) is 0 Å². The van der Waals surface area contributed by atoms with Gasteiger partial charge in [-0.15, -0.1) is 0 Å². The van der Waals surface area contributed by atoms with Crippen LogP contribution in [0.25, 0.3) is 0 Å². The Hall–Kier alpha value is -2.75. The van der Waals surface area contributed by atoms with Crippen LogP contribution in [-0.2, 0) is 19.5 Å². The number of aliphatic hydroxyl groups is 2. The number of hydrogen-bond donors (Lipinski definition) is 2. The summed E-state index contributed by atoms with van der Waals surface area (Å²) in [5.41, 5.74) is 0.535. The minimum atomic E-state index is -0.858. The lowest BCUT2D eigenvalue weighted by Gasteiger charge is -2.13. The van der Waals surface area contributed by atoms with E-state index in [9.17, 15) is 19.8 Å². The highest BCUT2D eigenvalue weighted by atomic mass is 35.5. The van der Waals surface area contributed by atoms with Crippen LogP contribution in [0.4, 0.5) is 0 Å². The van der Waals surface area contributed by atoms with Gasteiger partial charge in [-0.2, -0.15) is 4.98 Å². The normalized spacial score (nSPS) is 12.3. The Morgan fingerprint density at radius 2 is 1.86 bits per heavy atom. The van der Waals surface area contributed by atoms with E-state index < -0.39 is 17.4 Å². The predicted octanol–water partition coefficient (Wildman–Crippen LogP) is 0.980. The Balaban J connectivity index is 1.82. The van der Waals surface area contributed by atoms with Crippen molar-refractivity contribution >= 4 is 11.6 Å². The fourth-order valence-corrected chi connectivity index (χ4v) is 3.11. The minimum Gasteiger partial charge on any atom is -0.395 e. The first-order chi connectivity index (χ1) is 13.8. The van der Waals surface area contributed by atoms with E-state index in [4.69, 9.17) is 16.1 Å². The smallest absolute Gasteiger partial charge is 0.331 e. The van der Waals surface area contributed by atoms with Crippen molar-refractivity contribution in [2.75, 3.05) is 6.61 Å². The number of benzene rings is 1. The predicted molar refractivity (Wildman–Crippen MR) is 105 cm³/mol. The lowest BCUT2D eigenvalue weighted by Crippen LogP contribution is -2.43. The highest BCUT2D eigenvalue weighted by Gasteiger charge is 2.18. The number of aromatic nitrogens is 4. The molecule has 0 radical (unpaired) electrons. The largest absolute Gasteiger partial charge is 0.395 e. The molecule has 0 fully saturated rings. The second-order valence-electron chi connectivity index (χ2n) is 6.64. The third-order valence-corrected chi connectivity index (χ3v) is 4.99. The monoisotopic (exact) mass is 420 g/mol. The maximum absolute atomic E-state index is 12.6. The molecule has 154 valence electrons. The maximum atomic E-state index is 12.6. The van der Waals surface area contributed by atoms with E-state index in [1.165, 1.54) is 4.57 Å². The van der Waals surface area contributed by atoms with Gasteiger partial charge in [-0.1, -0.05) is 28.9 Å². The number of halogens is 1. The molecule has 1 aromatic carbocycles. The number of rotatable bonds is 7. The average Bonchev–Trinajstić information content (AvgIpc) is 3.14. The van der Waals surface area contributed by atoms with E-state index in [0.29, 0.717) is 21.8 Å². The van der Waals surface area contributed by atoms with Crippen LogP contribution in [0.3, 0.4) is 0 Å². The summed E-state index contributed by atoms with van der Waals surface area (Å²) in [5, 5.41) is 23.9. The van der Waals surface area contributed by atoms with Gasteiger partial charge in [0.25, 0.3) is 5.56 Å². The second kappa shape index (κ2) is 8.73. The van der Waals surface area contributed by atoms with Crippen LogP contribution in [0.5, 0.6) is 0 Å². The quantitative estimate of drug-likeness (QED) is 0.583. The Morgan fingerprint density at radius 1 is 1.17 bits per heavy atom. The number of hydrogen-bond acceptors (Lipinski definition) is 7. The lowest BCUT2D eigenvalue weighted by atomic mass is 10.1. The van der Waals surface area contributed by atoms with Gasteiger partial charge in [-0.05, 0) is 31.5 Å². The van der Waals surface area contributed by atoms with Gasteiger partial charge >= 0.3 is 5.69 Å². The van der Waals surface area contributed by atoms with Crippen molar-refractivity contribution in [3.63, 3.8) is 0 Å². The molecule has 0 saturated heterocycles. The van der Waals surface area contributed by atoms with Crippen LogP contribution in [0.2, 0.25) is 5.02 Å². The molecule has 2 heterocycles. The Bertz CT molecular complexity index is 1120. The van der Waals surface area contributed by atoms with Crippen LogP contribution in [-0.4, -0.2) is 36.1 Å². The van der Waals surface area contributed by atoms with Gasteiger partial charge in [0.15, 0.2) is 5.82 Å². The summed E-state index contributed by atoms with van der Waals surface area (Å²) in [6.07, 6.45) is -0.759. The lowest BCUT2D eigenvalue weighted by molar-refractivity contribution is 0.174. The minimum absolute atomic E-state index is 0.0707. The molecule has 0 aliphatic heterocycles. The molecule has 0 unspecified atom stereocenters. The summed E-state index contributed by atoms with van der Waals surface area (Å²) in [6, 6.07) is 6.75. The van der Waals surface area contributed by atoms with Crippen molar-refractivity contribution in [3.8, 4) is 0 Å². The van der Waals surface area contributed by atoms with E-state index in [0.717, 1.165) is 4.57 Å². The fourth-order valence-electron chi connectivity index (χ4n) is 2.99. The Labute approximate surface area is 170 Å². The van der Waals surface area contributed by atoms with E-state index in [1.54, 1.807) is 38.1 Å². The van der Waals surface area contributed by atoms with E-state index in [2.05, 4.69) is 10.1 Å². The molecule has 0 bridgehead atoms. The first kappa shape index (κ1) is 21.0. The summed E-state index contributed by atoms with van der Waals surface area (Å²) in [4.78, 5) is 29.3. The third kappa shape index (κ3) is 4.47. The van der Waals surface area contributed by atoms with Gasteiger partial charge in [-0.25, -0.2) is 4.79 Å². The maximum Gasteiger partial charge on any atom is 0.331 e. The van der Waals surface area contributed by atoms with Crippen LogP contribution < -0.4 is 11.2 Å². The van der Waals surface area contributed by atoms with Crippen LogP contribution in [0.15, 0.2) is 38.4 Å². The van der Waals surface area contributed by atoms with Crippen molar-refractivity contribution in [3.05, 3.63) is 78.7 Å². The summed E-state index contributed by atoms with van der Waals surface area (Å²) in [7, 11) is 0. The summed E-state index contributed by atoms with van der Waals surface area (Å²) in [6.45, 7) is 2.92. The van der Waals surface area contributed by atoms with Crippen LogP contribution in [0, 0.1) is 13.8 Å². The SMILES string of the molecule is Cc1c(C)n(CCO)c(=O)n(Cc2nc(C[C@H](O)c3ccc(Cl)cc3)no2)c1=O. The zero-order chi connectivity index (χ0) is 21.1. The molecule has 3 rings (SSSR count). The van der Waals surface area contributed by atoms with Gasteiger partial charge in [0.05, 0.1) is 19.3 Å². The summed E-state index contributed by atoms with van der Waals surface area (Å²) in [5.74, 6) is 0.316. The van der Waals surface area contributed by atoms with Crippen molar-refractivity contribution in [1.82, 2.24) is 19.3 Å². The van der Waals surface area contributed by atoms with Gasteiger partial charge < -0.3 is 14.7 Å². The third-order valence-electron chi connectivity index (χ3n) is 4.73.